The van der Waals surface area contributed by atoms with E-state index in [1.54, 1.807) is 24.5 Å². The van der Waals surface area contributed by atoms with E-state index in [-0.39, 0.29) is 18.4 Å². The Kier molecular flexibility index (Phi) is 4.83. The molecule has 5 heteroatoms. The standard InChI is InChI=1S/C22H18N2O3/c25-22(23-15-18-14-20(27-24-18)19-12-7-13-26-19)21(16-8-3-1-4-9-16)17-10-5-2-6-11-17/h1-14,21H,15H2,(H,23,25). The number of hydrogen-bond acceptors (Lipinski definition) is 4. The first-order valence-corrected chi connectivity index (χ1v) is 8.68. The Morgan fingerprint density at radius 2 is 1.56 bits per heavy atom. The largest absolute Gasteiger partial charge is 0.461 e. The number of amides is 1. The van der Waals surface area contributed by atoms with Crippen molar-refractivity contribution in [2.45, 2.75) is 12.5 Å². The number of nitrogens with one attached hydrogen (secondary N) is 1. The fourth-order valence-electron chi connectivity index (χ4n) is 3.00. The maximum absolute atomic E-state index is 13.0. The zero-order chi connectivity index (χ0) is 18.5. The third kappa shape index (κ3) is 3.82. The molecule has 0 atom stereocenters. The van der Waals surface area contributed by atoms with Crippen molar-refractivity contribution < 1.29 is 13.7 Å². The molecule has 0 aliphatic carbocycles. The fraction of sp³-hybridized carbons (Fsp3) is 0.0909. The number of rotatable bonds is 6. The van der Waals surface area contributed by atoms with Crippen LogP contribution in [0.2, 0.25) is 0 Å². The van der Waals surface area contributed by atoms with Crippen molar-refractivity contribution in [3.63, 3.8) is 0 Å². The van der Waals surface area contributed by atoms with Gasteiger partial charge in [-0.25, -0.2) is 0 Å². The number of aromatic nitrogens is 1. The van der Waals surface area contributed by atoms with Crippen molar-refractivity contribution >= 4 is 5.91 Å². The average Bonchev–Trinajstić information content (AvgIpc) is 3.40. The lowest BCUT2D eigenvalue weighted by molar-refractivity contribution is -0.121. The first-order valence-electron chi connectivity index (χ1n) is 8.68. The third-order valence-corrected chi connectivity index (χ3v) is 4.29. The summed E-state index contributed by atoms with van der Waals surface area (Å²) in [6.07, 6.45) is 1.57. The smallest absolute Gasteiger partial charge is 0.232 e. The average molecular weight is 358 g/mol. The van der Waals surface area contributed by atoms with E-state index < -0.39 is 0 Å². The van der Waals surface area contributed by atoms with Gasteiger partial charge in [0.1, 0.15) is 5.69 Å². The maximum atomic E-state index is 13.0. The molecule has 134 valence electrons. The van der Waals surface area contributed by atoms with E-state index >= 15 is 0 Å². The van der Waals surface area contributed by atoms with Gasteiger partial charge < -0.3 is 14.3 Å². The number of benzene rings is 2. The molecular formula is C22H18N2O3. The molecule has 0 spiro atoms. The number of nitrogens with zero attached hydrogens (tertiary/aromatic N) is 1. The monoisotopic (exact) mass is 358 g/mol. The van der Waals surface area contributed by atoms with E-state index in [4.69, 9.17) is 8.94 Å². The van der Waals surface area contributed by atoms with Crippen LogP contribution in [0.3, 0.4) is 0 Å². The second kappa shape index (κ2) is 7.74. The molecular weight excluding hydrogens is 340 g/mol. The number of hydrogen-bond donors (Lipinski definition) is 1. The van der Waals surface area contributed by atoms with Gasteiger partial charge in [-0.05, 0) is 23.3 Å². The molecule has 0 radical (unpaired) electrons. The van der Waals surface area contributed by atoms with Crippen molar-refractivity contribution in [2.75, 3.05) is 0 Å². The van der Waals surface area contributed by atoms with E-state index in [9.17, 15) is 4.79 Å². The lowest BCUT2D eigenvalue weighted by atomic mass is 9.90. The van der Waals surface area contributed by atoms with E-state index in [1.165, 1.54) is 0 Å². The van der Waals surface area contributed by atoms with Crippen LogP contribution in [0.25, 0.3) is 11.5 Å². The predicted octanol–water partition coefficient (Wildman–Crippen LogP) is 4.38. The zero-order valence-electron chi connectivity index (χ0n) is 14.5. The Labute approximate surface area is 156 Å². The van der Waals surface area contributed by atoms with Crippen LogP contribution in [0.4, 0.5) is 0 Å². The Hall–Kier alpha value is -3.60. The molecule has 1 amide bonds. The van der Waals surface area contributed by atoms with Crippen LogP contribution in [0.5, 0.6) is 0 Å². The van der Waals surface area contributed by atoms with E-state index in [1.807, 2.05) is 60.7 Å². The highest BCUT2D eigenvalue weighted by atomic mass is 16.5. The molecule has 2 aromatic heterocycles. The molecule has 4 rings (SSSR count). The second-order valence-corrected chi connectivity index (χ2v) is 6.13. The molecule has 27 heavy (non-hydrogen) atoms. The minimum absolute atomic E-state index is 0.0880. The van der Waals surface area contributed by atoms with Gasteiger partial charge >= 0.3 is 0 Å². The maximum Gasteiger partial charge on any atom is 0.232 e. The second-order valence-electron chi connectivity index (χ2n) is 6.13. The summed E-state index contributed by atoms with van der Waals surface area (Å²) >= 11 is 0. The normalized spacial score (nSPS) is 10.9. The summed E-state index contributed by atoms with van der Waals surface area (Å²) in [7, 11) is 0. The molecule has 1 N–H and O–H groups in total. The third-order valence-electron chi connectivity index (χ3n) is 4.29. The van der Waals surface area contributed by atoms with Gasteiger partial charge in [0, 0.05) is 6.07 Å². The Bertz CT molecular complexity index is 953. The first-order chi connectivity index (χ1) is 13.3. The quantitative estimate of drug-likeness (QED) is 0.555. The summed E-state index contributed by atoms with van der Waals surface area (Å²) < 4.78 is 10.6. The minimum Gasteiger partial charge on any atom is -0.461 e. The SMILES string of the molecule is O=C(NCc1cc(-c2ccco2)on1)C(c1ccccc1)c1ccccc1. The highest BCUT2D eigenvalue weighted by Crippen LogP contribution is 2.25. The van der Waals surface area contributed by atoms with Crippen molar-refractivity contribution in [1.82, 2.24) is 10.5 Å². The van der Waals surface area contributed by atoms with Crippen LogP contribution in [0.15, 0.2) is 94.1 Å². The molecule has 0 aliphatic rings. The van der Waals surface area contributed by atoms with Crippen LogP contribution in [0, 0.1) is 0 Å². The number of carbonyl (C=O) groups is 1. The van der Waals surface area contributed by atoms with Gasteiger partial charge in [-0.15, -0.1) is 0 Å². The molecule has 0 aliphatic heterocycles. The van der Waals surface area contributed by atoms with Gasteiger partial charge in [-0.2, -0.15) is 0 Å². The van der Waals surface area contributed by atoms with Gasteiger partial charge in [0.25, 0.3) is 0 Å². The van der Waals surface area contributed by atoms with E-state index in [0.717, 1.165) is 11.1 Å². The summed E-state index contributed by atoms with van der Waals surface area (Å²) in [5.74, 6) is 0.664. The zero-order valence-corrected chi connectivity index (χ0v) is 14.5. The van der Waals surface area contributed by atoms with Crippen molar-refractivity contribution in [2.24, 2.45) is 0 Å². The van der Waals surface area contributed by atoms with Gasteiger partial charge in [0.2, 0.25) is 11.7 Å². The van der Waals surface area contributed by atoms with Crippen LogP contribution in [-0.2, 0) is 11.3 Å². The molecule has 4 aromatic rings. The van der Waals surface area contributed by atoms with Gasteiger partial charge in [-0.3, -0.25) is 4.79 Å². The molecule has 5 nitrogen and oxygen atoms in total. The fourth-order valence-corrected chi connectivity index (χ4v) is 3.00. The van der Waals surface area contributed by atoms with E-state index in [0.29, 0.717) is 17.2 Å². The number of furan rings is 1. The summed E-state index contributed by atoms with van der Waals surface area (Å²) in [4.78, 5) is 13.0. The summed E-state index contributed by atoms with van der Waals surface area (Å²) in [5, 5.41) is 6.96. The lowest BCUT2D eigenvalue weighted by Gasteiger charge is -2.17. The van der Waals surface area contributed by atoms with Gasteiger partial charge in [-0.1, -0.05) is 65.8 Å². The highest BCUT2D eigenvalue weighted by Gasteiger charge is 2.22. The first kappa shape index (κ1) is 16.8. The van der Waals surface area contributed by atoms with Crippen molar-refractivity contribution in [3.05, 3.63) is 102 Å². The Balaban J connectivity index is 1.51. The molecule has 0 unspecified atom stereocenters. The number of carbonyl (C=O) groups excluding carboxylic acids is 1. The Morgan fingerprint density at radius 1 is 0.889 bits per heavy atom. The van der Waals surface area contributed by atoms with Crippen molar-refractivity contribution in [1.29, 1.82) is 0 Å². The minimum atomic E-state index is -0.385. The molecule has 0 bridgehead atoms. The van der Waals surface area contributed by atoms with Gasteiger partial charge in [0.05, 0.1) is 18.7 Å². The summed E-state index contributed by atoms with van der Waals surface area (Å²) in [6, 6.07) is 24.8. The molecule has 0 fully saturated rings. The van der Waals surface area contributed by atoms with E-state index in [2.05, 4.69) is 10.5 Å². The Morgan fingerprint density at radius 3 is 2.15 bits per heavy atom. The van der Waals surface area contributed by atoms with Crippen LogP contribution >= 0.6 is 0 Å². The topological polar surface area (TPSA) is 68.3 Å². The van der Waals surface area contributed by atoms with Crippen LogP contribution in [0.1, 0.15) is 22.7 Å². The molecule has 0 saturated heterocycles. The van der Waals surface area contributed by atoms with Crippen LogP contribution in [-0.4, -0.2) is 11.1 Å². The highest BCUT2D eigenvalue weighted by molar-refractivity contribution is 5.87. The van der Waals surface area contributed by atoms with Gasteiger partial charge in [0.15, 0.2) is 5.76 Å². The summed E-state index contributed by atoms with van der Waals surface area (Å²) in [6.45, 7) is 0.277. The molecule has 2 aromatic carbocycles. The van der Waals surface area contributed by atoms with Crippen molar-refractivity contribution in [3.8, 4) is 11.5 Å². The molecule has 2 heterocycles. The lowest BCUT2D eigenvalue weighted by Crippen LogP contribution is -2.29. The molecule has 0 saturated carbocycles. The van der Waals surface area contributed by atoms with Crippen LogP contribution < -0.4 is 5.32 Å². The summed E-state index contributed by atoms with van der Waals surface area (Å²) in [5.41, 5.74) is 2.52. The predicted molar refractivity (Wildman–Crippen MR) is 101 cm³/mol.